The minimum Gasteiger partial charge on any atom is -0.378 e. The van der Waals surface area contributed by atoms with Crippen LogP contribution in [0.5, 0.6) is 0 Å². The van der Waals surface area contributed by atoms with Crippen LogP contribution in [0.15, 0.2) is 18.2 Å². The Kier molecular flexibility index (Phi) is 6.36. The fourth-order valence-electron chi connectivity index (χ4n) is 3.10. The maximum Gasteiger partial charge on any atom is 0.236 e. The third kappa shape index (κ3) is 4.83. The van der Waals surface area contributed by atoms with Crippen molar-refractivity contribution < 1.29 is 9.53 Å². The molecule has 5 nitrogen and oxygen atoms in total. The first-order chi connectivity index (χ1) is 11.6. The molecule has 0 aliphatic carbocycles. The average molecular weight is 372 g/mol. The van der Waals surface area contributed by atoms with E-state index in [0.717, 1.165) is 38.3 Å². The molecule has 7 heteroatoms. The van der Waals surface area contributed by atoms with E-state index in [2.05, 4.69) is 9.80 Å². The predicted octanol–water partition coefficient (Wildman–Crippen LogP) is 1.97. The topological polar surface area (TPSA) is 36.0 Å². The van der Waals surface area contributed by atoms with Gasteiger partial charge in [-0.3, -0.25) is 14.6 Å². The fraction of sp³-hybridized carbons (Fsp3) is 0.588. The lowest BCUT2D eigenvalue weighted by molar-refractivity contribution is -0.136. The van der Waals surface area contributed by atoms with Crippen molar-refractivity contribution in [2.45, 2.75) is 6.54 Å². The number of piperazine rings is 1. The lowest BCUT2D eigenvalue weighted by atomic mass is 10.2. The number of benzene rings is 1. The molecular formula is C17H23Cl2N3O2. The quantitative estimate of drug-likeness (QED) is 0.810. The highest BCUT2D eigenvalue weighted by Crippen LogP contribution is 2.22. The molecule has 0 aromatic heterocycles. The normalized spacial score (nSPS) is 20.3. The summed E-state index contributed by atoms with van der Waals surface area (Å²) in [5.41, 5.74) is 1.10. The maximum atomic E-state index is 12.3. The smallest absolute Gasteiger partial charge is 0.236 e. The summed E-state index contributed by atoms with van der Waals surface area (Å²) in [6.07, 6.45) is 0. The molecule has 2 fully saturated rings. The highest BCUT2D eigenvalue weighted by atomic mass is 35.5. The molecule has 1 aromatic carbocycles. The Labute approximate surface area is 153 Å². The molecule has 0 unspecified atom stereocenters. The van der Waals surface area contributed by atoms with Gasteiger partial charge in [0.15, 0.2) is 0 Å². The average Bonchev–Trinajstić information content (AvgIpc) is 2.60. The number of carbonyl (C=O) groups is 1. The van der Waals surface area contributed by atoms with E-state index in [-0.39, 0.29) is 5.91 Å². The second-order valence-electron chi connectivity index (χ2n) is 6.28. The molecule has 1 aromatic rings. The van der Waals surface area contributed by atoms with Gasteiger partial charge in [0.1, 0.15) is 0 Å². The molecule has 24 heavy (non-hydrogen) atoms. The number of nitrogens with zero attached hydrogens (tertiary/aromatic N) is 3. The molecule has 0 radical (unpaired) electrons. The van der Waals surface area contributed by atoms with Gasteiger partial charge in [-0.2, -0.15) is 0 Å². The van der Waals surface area contributed by atoms with Crippen LogP contribution in [-0.4, -0.2) is 79.6 Å². The number of hydrogen-bond acceptors (Lipinski definition) is 4. The molecule has 0 atom stereocenters. The van der Waals surface area contributed by atoms with E-state index in [4.69, 9.17) is 27.9 Å². The second-order valence-corrected chi connectivity index (χ2v) is 7.12. The Morgan fingerprint density at radius 2 is 1.67 bits per heavy atom. The second kappa shape index (κ2) is 8.50. The summed E-state index contributed by atoms with van der Waals surface area (Å²) in [6.45, 7) is 7.76. The van der Waals surface area contributed by atoms with Crippen molar-refractivity contribution in [3.05, 3.63) is 33.8 Å². The molecule has 2 saturated heterocycles. The van der Waals surface area contributed by atoms with Crippen LogP contribution in [0.1, 0.15) is 5.56 Å². The molecule has 132 valence electrons. The Balaban J connectivity index is 1.44. The number of ether oxygens (including phenoxy) is 1. The van der Waals surface area contributed by atoms with Crippen molar-refractivity contribution in [2.75, 3.05) is 59.0 Å². The van der Waals surface area contributed by atoms with Crippen LogP contribution in [-0.2, 0) is 16.1 Å². The van der Waals surface area contributed by atoms with E-state index in [1.54, 1.807) is 6.07 Å². The van der Waals surface area contributed by atoms with E-state index in [1.807, 2.05) is 17.0 Å². The monoisotopic (exact) mass is 371 g/mol. The summed E-state index contributed by atoms with van der Waals surface area (Å²) in [4.78, 5) is 18.8. The number of rotatable bonds is 4. The van der Waals surface area contributed by atoms with E-state index >= 15 is 0 Å². The zero-order valence-electron chi connectivity index (χ0n) is 13.7. The Bertz CT molecular complexity index is 571. The summed E-state index contributed by atoms with van der Waals surface area (Å²) in [5, 5.41) is 1.38. The molecule has 0 spiro atoms. The van der Waals surface area contributed by atoms with Crippen molar-refractivity contribution in [2.24, 2.45) is 0 Å². The summed E-state index contributed by atoms with van der Waals surface area (Å²) < 4.78 is 5.29. The van der Waals surface area contributed by atoms with Gasteiger partial charge in [0.2, 0.25) is 5.91 Å². The van der Waals surface area contributed by atoms with Gasteiger partial charge in [-0.15, -0.1) is 0 Å². The van der Waals surface area contributed by atoms with E-state index in [0.29, 0.717) is 42.9 Å². The highest BCUT2D eigenvalue weighted by molar-refractivity contribution is 6.35. The van der Waals surface area contributed by atoms with Crippen LogP contribution < -0.4 is 0 Å². The third-order valence-electron chi connectivity index (χ3n) is 4.60. The first-order valence-electron chi connectivity index (χ1n) is 8.36. The van der Waals surface area contributed by atoms with Crippen LogP contribution in [0.2, 0.25) is 10.0 Å². The fourth-order valence-corrected chi connectivity index (χ4v) is 3.57. The lowest BCUT2D eigenvalue weighted by Crippen LogP contribution is -2.51. The van der Waals surface area contributed by atoms with Crippen LogP contribution in [0.25, 0.3) is 0 Å². The minimum absolute atomic E-state index is 0.215. The molecule has 2 aliphatic rings. The lowest BCUT2D eigenvalue weighted by Gasteiger charge is -2.36. The van der Waals surface area contributed by atoms with Gasteiger partial charge in [0.25, 0.3) is 0 Å². The maximum absolute atomic E-state index is 12.3. The molecule has 0 N–H and O–H groups in total. The Hall–Kier alpha value is -0.850. The van der Waals surface area contributed by atoms with Gasteiger partial charge in [-0.05, 0) is 17.7 Å². The van der Waals surface area contributed by atoms with Crippen molar-refractivity contribution in [1.29, 1.82) is 0 Å². The number of halogens is 2. The van der Waals surface area contributed by atoms with Gasteiger partial charge in [-0.1, -0.05) is 29.3 Å². The van der Waals surface area contributed by atoms with E-state index in [9.17, 15) is 4.79 Å². The van der Waals surface area contributed by atoms with Crippen molar-refractivity contribution in [3.63, 3.8) is 0 Å². The molecule has 0 saturated carbocycles. The Morgan fingerprint density at radius 1 is 1.00 bits per heavy atom. The van der Waals surface area contributed by atoms with Crippen LogP contribution in [0.4, 0.5) is 0 Å². The van der Waals surface area contributed by atoms with E-state index in [1.165, 1.54) is 0 Å². The van der Waals surface area contributed by atoms with E-state index < -0.39 is 0 Å². The molecule has 2 heterocycles. The predicted molar refractivity (Wildman–Crippen MR) is 95.6 cm³/mol. The SMILES string of the molecule is O=C(CN1CCN(Cc2ccc(Cl)cc2Cl)CC1)N1CCOCC1. The molecule has 1 amide bonds. The standard InChI is InChI=1S/C17H23Cl2N3O2/c18-15-2-1-14(16(19)11-15)12-20-3-5-21(6-4-20)13-17(23)22-7-9-24-10-8-22/h1-2,11H,3-10,12-13H2. The summed E-state index contributed by atoms with van der Waals surface area (Å²) in [7, 11) is 0. The zero-order valence-corrected chi connectivity index (χ0v) is 15.2. The molecule has 2 aliphatic heterocycles. The number of morpholine rings is 1. The van der Waals surface area contributed by atoms with Gasteiger partial charge < -0.3 is 9.64 Å². The van der Waals surface area contributed by atoms with Crippen molar-refractivity contribution in [1.82, 2.24) is 14.7 Å². The molecular weight excluding hydrogens is 349 g/mol. The third-order valence-corrected chi connectivity index (χ3v) is 5.18. The van der Waals surface area contributed by atoms with Crippen LogP contribution in [0.3, 0.4) is 0 Å². The summed E-state index contributed by atoms with van der Waals surface area (Å²) in [5.74, 6) is 0.215. The summed E-state index contributed by atoms with van der Waals surface area (Å²) in [6, 6.07) is 5.65. The highest BCUT2D eigenvalue weighted by Gasteiger charge is 2.23. The Morgan fingerprint density at radius 3 is 2.33 bits per heavy atom. The van der Waals surface area contributed by atoms with Gasteiger partial charge in [0, 0.05) is 55.9 Å². The molecule has 3 rings (SSSR count). The van der Waals surface area contributed by atoms with Gasteiger partial charge in [0.05, 0.1) is 19.8 Å². The van der Waals surface area contributed by atoms with Crippen LogP contribution >= 0.6 is 23.2 Å². The van der Waals surface area contributed by atoms with Gasteiger partial charge in [-0.25, -0.2) is 0 Å². The van der Waals surface area contributed by atoms with Gasteiger partial charge >= 0.3 is 0 Å². The van der Waals surface area contributed by atoms with Crippen LogP contribution in [0, 0.1) is 0 Å². The number of amides is 1. The molecule has 0 bridgehead atoms. The van der Waals surface area contributed by atoms with Crippen molar-refractivity contribution in [3.8, 4) is 0 Å². The largest absolute Gasteiger partial charge is 0.378 e. The first-order valence-corrected chi connectivity index (χ1v) is 9.11. The summed E-state index contributed by atoms with van der Waals surface area (Å²) >= 11 is 12.2. The minimum atomic E-state index is 0.215. The van der Waals surface area contributed by atoms with Crippen molar-refractivity contribution >= 4 is 29.1 Å². The number of hydrogen-bond donors (Lipinski definition) is 0. The first kappa shape index (κ1) is 18.0. The number of carbonyl (C=O) groups excluding carboxylic acids is 1. The zero-order chi connectivity index (χ0) is 16.9.